The zero-order chi connectivity index (χ0) is 14.6. The smallest absolute Gasteiger partial charge is 0.412 e. The number of carbonyl (C=O) groups is 2. The number of anilines is 1. The van der Waals surface area contributed by atoms with Crippen LogP contribution in [0, 0.1) is 0 Å². The summed E-state index contributed by atoms with van der Waals surface area (Å²) < 4.78 is 5.09. The highest BCUT2D eigenvalue weighted by atomic mass is 35.5. The summed E-state index contributed by atoms with van der Waals surface area (Å²) in [6.07, 6.45) is -0.729. The number of aliphatic carboxylic acids is 1. The van der Waals surface area contributed by atoms with Crippen molar-refractivity contribution in [1.29, 1.82) is 0 Å². The summed E-state index contributed by atoms with van der Waals surface area (Å²) in [7, 11) is 0. The summed E-state index contributed by atoms with van der Waals surface area (Å²) in [5, 5.41) is 11.4. The molecule has 2 N–H and O–H groups in total. The van der Waals surface area contributed by atoms with Crippen LogP contribution in [0.3, 0.4) is 0 Å². The van der Waals surface area contributed by atoms with Crippen molar-refractivity contribution in [2.45, 2.75) is 32.8 Å². The molecular formula is C13H16ClNO4. The summed E-state index contributed by atoms with van der Waals surface area (Å²) in [4.78, 5) is 22.1. The molecule has 0 radical (unpaired) electrons. The van der Waals surface area contributed by atoms with Gasteiger partial charge in [0.1, 0.15) is 5.60 Å². The van der Waals surface area contributed by atoms with Gasteiger partial charge in [0.15, 0.2) is 0 Å². The van der Waals surface area contributed by atoms with E-state index in [9.17, 15) is 9.59 Å². The quantitative estimate of drug-likeness (QED) is 0.893. The number of nitrogens with one attached hydrogen (secondary N) is 1. The van der Waals surface area contributed by atoms with E-state index in [0.717, 1.165) is 0 Å². The molecule has 0 unspecified atom stereocenters. The highest BCUT2D eigenvalue weighted by molar-refractivity contribution is 6.33. The summed E-state index contributed by atoms with van der Waals surface area (Å²) in [6, 6.07) is 4.64. The Balaban J connectivity index is 2.75. The molecule has 1 aromatic rings. The van der Waals surface area contributed by atoms with E-state index in [1.165, 1.54) is 6.07 Å². The molecule has 0 spiro atoms. The van der Waals surface area contributed by atoms with Crippen LogP contribution in [0.25, 0.3) is 0 Å². The van der Waals surface area contributed by atoms with Gasteiger partial charge in [-0.25, -0.2) is 4.79 Å². The Morgan fingerprint density at radius 2 is 2.00 bits per heavy atom. The largest absolute Gasteiger partial charge is 0.481 e. The first-order valence-electron chi connectivity index (χ1n) is 5.67. The second-order valence-corrected chi connectivity index (χ2v) is 5.42. The monoisotopic (exact) mass is 285 g/mol. The standard InChI is InChI=1S/C13H16ClNO4/c1-13(2,3)19-12(18)15-10-5-4-8(6-9(10)14)7-11(16)17/h4-6H,7H2,1-3H3,(H,15,18)(H,16,17). The average Bonchev–Trinajstić information content (AvgIpc) is 2.18. The molecule has 6 heteroatoms. The van der Waals surface area contributed by atoms with Crippen molar-refractivity contribution in [2.24, 2.45) is 0 Å². The molecule has 0 aliphatic carbocycles. The van der Waals surface area contributed by atoms with Crippen LogP contribution >= 0.6 is 11.6 Å². The number of carboxylic acids is 1. The Morgan fingerprint density at radius 1 is 1.37 bits per heavy atom. The van der Waals surface area contributed by atoms with Crippen LogP contribution in [0.1, 0.15) is 26.3 Å². The van der Waals surface area contributed by atoms with Crippen molar-refractivity contribution in [3.63, 3.8) is 0 Å². The van der Waals surface area contributed by atoms with Gasteiger partial charge >= 0.3 is 12.1 Å². The maximum Gasteiger partial charge on any atom is 0.412 e. The minimum Gasteiger partial charge on any atom is -0.481 e. The maximum atomic E-state index is 11.6. The van der Waals surface area contributed by atoms with Crippen molar-refractivity contribution in [3.05, 3.63) is 28.8 Å². The van der Waals surface area contributed by atoms with Crippen molar-refractivity contribution < 1.29 is 19.4 Å². The number of hydrogen-bond acceptors (Lipinski definition) is 3. The lowest BCUT2D eigenvalue weighted by Crippen LogP contribution is -2.27. The molecule has 19 heavy (non-hydrogen) atoms. The predicted molar refractivity (Wildman–Crippen MR) is 72.6 cm³/mol. The SMILES string of the molecule is CC(C)(C)OC(=O)Nc1ccc(CC(=O)O)cc1Cl. The Kier molecular flexibility index (Phi) is 4.78. The fourth-order valence-electron chi connectivity index (χ4n) is 1.36. The molecule has 0 atom stereocenters. The average molecular weight is 286 g/mol. The van der Waals surface area contributed by atoms with Crippen LogP contribution in [-0.4, -0.2) is 22.8 Å². The number of rotatable bonds is 3. The van der Waals surface area contributed by atoms with Crippen molar-refractivity contribution in [2.75, 3.05) is 5.32 Å². The van der Waals surface area contributed by atoms with Crippen LogP contribution in [0.5, 0.6) is 0 Å². The van der Waals surface area contributed by atoms with Gasteiger partial charge in [-0.05, 0) is 38.5 Å². The molecule has 1 rings (SSSR count). The van der Waals surface area contributed by atoms with Crippen LogP contribution in [0.4, 0.5) is 10.5 Å². The second kappa shape index (κ2) is 5.93. The van der Waals surface area contributed by atoms with Crippen LogP contribution < -0.4 is 5.32 Å². The van der Waals surface area contributed by atoms with Crippen molar-refractivity contribution in [1.82, 2.24) is 0 Å². The molecule has 0 fully saturated rings. The van der Waals surface area contributed by atoms with Gasteiger partial charge in [-0.3, -0.25) is 10.1 Å². The number of carbonyl (C=O) groups excluding carboxylic acids is 1. The minimum absolute atomic E-state index is 0.119. The molecule has 1 amide bonds. The summed E-state index contributed by atoms with van der Waals surface area (Å²) >= 11 is 5.96. The highest BCUT2D eigenvalue weighted by Gasteiger charge is 2.17. The van der Waals surface area contributed by atoms with Crippen LogP contribution in [-0.2, 0) is 16.0 Å². The van der Waals surface area contributed by atoms with E-state index in [1.54, 1.807) is 32.9 Å². The Hall–Kier alpha value is -1.75. The van der Waals surface area contributed by atoms with Gasteiger partial charge < -0.3 is 9.84 Å². The molecule has 0 saturated carbocycles. The molecule has 104 valence electrons. The van der Waals surface area contributed by atoms with Gasteiger partial charge in [0, 0.05) is 0 Å². The van der Waals surface area contributed by atoms with E-state index in [2.05, 4.69) is 5.32 Å². The number of carboxylic acid groups (broad SMARTS) is 1. The summed E-state index contributed by atoms with van der Waals surface area (Å²) in [5.41, 5.74) is 0.345. The second-order valence-electron chi connectivity index (χ2n) is 5.01. The van der Waals surface area contributed by atoms with Gasteiger partial charge in [0.05, 0.1) is 17.1 Å². The van der Waals surface area contributed by atoms with E-state index in [1.807, 2.05) is 0 Å². The normalized spacial score (nSPS) is 10.9. The first kappa shape index (κ1) is 15.3. The maximum absolute atomic E-state index is 11.6. The van der Waals surface area contributed by atoms with Gasteiger partial charge in [-0.2, -0.15) is 0 Å². The topological polar surface area (TPSA) is 75.6 Å². The lowest BCUT2D eigenvalue weighted by molar-refractivity contribution is -0.136. The Morgan fingerprint density at radius 3 is 2.47 bits per heavy atom. The van der Waals surface area contributed by atoms with Crippen molar-refractivity contribution >= 4 is 29.4 Å². The van der Waals surface area contributed by atoms with Crippen LogP contribution in [0.2, 0.25) is 5.02 Å². The van der Waals surface area contributed by atoms with Crippen LogP contribution in [0.15, 0.2) is 18.2 Å². The Labute approximate surface area is 116 Å². The van der Waals surface area contributed by atoms with E-state index in [-0.39, 0.29) is 11.4 Å². The highest BCUT2D eigenvalue weighted by Crippen LogP contribution is 2.24. The third kappa shape index (κ3) is 5.61. The van der Waals surface area contributed by atoms with E-state index >= 15 is 0 Å². The fourth-order valence-corrected chi connectivity index (χ4v) is 1.61. The number of amides is 1. The molecule has 0 bridgehead atoms. The van der Waals surface area contributed by atoms with Gasteiger partial charge in [-0.15, -0.1) is 0 Å². The summed E-state index contributed by atoms with van der Waals surface area (Å²) in [5.74, 6) is -0.941. The zero-order valence-corrected chi connectivity index (χ0v) is 11.7. The predicted octanol–water partition coefficient (Wildman–Crippen LogP) is 3.31. The molecule has 0 aliphatic rings. The Bertz CT molecular complexity index is 494. The van der Waals surface area contributed by atoms with E-state index in [4.69, 9.17) is 21.4 Å². The van der Waals surface area contributed by atoms with E-state index in [0.29, 0.717) is 11.3 Å². The number of halogens is 1. The molecule has 0 heterocycles. The van der Waals surface area contributed by atoms with E-state index < -0.39 is 17.7 Å². The number of hydrogen-bond donors (Lipinski definition) is 2. The molecule has 5 nitrogen and oxygen atoms in total. The third-order valence-electron chi connectivity index (χ3n) is 2.02. The molecule has 0 aliphatic heterocycles. The first-order chi connectivity index (χ1) is 8.67. The zero-order valence-electron chi connectivity index (χ0n) is 11.0. The number of benzene rings is 1. The number of ether oxygens (including phenoxy) is 1. The minimum atomic E-state index is -0.941. The lowest BCUT2D eigenvalue weighted by atomic mass is 10.1. The summed E-state index contributed by atoms with van der Waals surface area (Å²) in [6.45, 7) is 5.26. The molecule has 0 aromatic heterocycles. The molecule has 1 aromatic carbocycles. The fraction of sp³-hybridized carbons (Fsp3) is 0.385. The molecule has 0 saturated heterocycles. The van der Waals surface area contributed by atoms with Gasteiger partial charge in [-0.1, -0.05) is 17.7 Å². The molecular weight excluding hydrogens is 270 g/mol. The lowest BCUT2D eigenvalue weighted by Gasteiger charge is -2.20. The van der Waals surface area contributed by atoms with Gasteiger partial charge in [0.25, 0.3) is 0 Å². The van der Waals surface area contributed by atoms with Gasteiger partial charge in [0.2, 0.25) is 0 Å². The third-order valence-corrected chi connectivity index (χ3v) is 2.34. The first-order valence-corrected chi connectivity index (χ1v) is 6.05. The van der Waals surface area contributed by atoms with Crippen molar-refractivity contribution in [3.8, 4) is 0 Å².